The summed E-state index contributed by atoms with van der Waals surface area (Å²) in [4.78, 5) is 12.6. The topological polar surface area (TPSA) is 26.3 Å². The van der Waals surface area contributed by atoms with E-state index in [1.54, 1.807) is 0 Å². The van der Waals surface area contributed by atoms with Gasteiger partial charge in [-0.1, -0.05) is 38.2 Å². The molecular formula is C28H36F2O2. The molecule has 1 unspecified atom stereocenters. The molecule has 4 heteroatoms. The van der Waals surface area contributed by atoms with Crippen LogP contribution in [0.5, 0.6) is 5.75 Å². The van der Waals surface area contributed by atoms with Crippen molar-refractivity contribution >= 4 is 5.97 Å². The van der Waals surface area contributed by atoms with Crippen LogP contribution in [0.1, 0.15) is 83.6 Å². The third kappa shape index (κ3) is 6.21. The molecule has 2 nitrogen and oxygen atoms in total. The second-order valence-electron chi connectivity index (χ2n) is 9.50. The van der Waals surface area contributed by atoms with Gasteiger partial charge in [0, 0.05) is 18.1 Å². The lowest BCUT2D eigenvalue weighted by Gasteiger charge is -2.31. The van der Waals surface area contributed by atoms with E-state index in [1.165, 1.54) is 6.42 Å². The fraction of sp³-hybridized carbons (Fsp3) is 0.607. The normalized spacial score (nSPS) is 26.5. The van der Waals surface area contributed by atoms with Crippen molar-refractivity contribution < 1.29 is 18.3 Å². The highest BCUT2D eigenvalue weighted by Crippen LogP contribution is 2.36. The molecule has 1 atom stereocenters. The first kappa shape index (κ1) is 24.5. The van der Waals surface area contributed by atoms with Gasteiger partial charge in [0.05, 0.1) is 11.5 Å². The van der Waals surface area contributed by atoms with Crippen LogP contribution in [0.15, 0.2) is 24.8 Å². The summed E-state index contributed by atoms with van der Waals surface area (Å²) in [7, 11) is 0. The Morgan fingerprint density at radius 2 is 1.72 bits per heavy atom. The van der Waals surface area contributed by atoms with Crippen LogP contribution >= 0.6 is 0 Å². The van der Waals surface area contributed by atoms with E-state index >= 15 is 0 Å². The quantitative estimate of drug-likeness (QED) is 0.198. The maximum Gasteiger partial charge on any atom is 0.314 e. The zero-order valence-corrected chi connectivity index (χ0v) is 19.5. The highest BCUT2D eigenvalue weighted by Gasteiger charge is 2.30. The standard InChI is InChI=1S/C28H36F2O2/c1-4-19-7-9-20(10-8-19)11-16-25-26(29)17-24(18-27(25)30)32-28(31)23-14-12-22(13-15-23)21(5-2)6-3/h5,17-23H,2,4,6-10,12-15H2,1,3H3. The van der Waals surface area contributed by atoms with Crippen LogP contribution in [0.3, 0.4) is 0 Å². The molecule has 0 amide bonds. The van der Waals surface area contributed by atoms with Crippen molar-refractivity contribution in [3.8, 4) is 17.6 Å². The largest absolute Gasteiger partial charge is 0.426 e. The van der Waals surface area contributed by atoms with E-state index in [0.29, 0.717) is 11.8 Å². The molecule has 2 aliphatic rings. The van der Waals surface area contributed by atoms with Crippen molar-refractivity contribution in [2.45, 2.75) is 78.1 Å². The average molecular weight is 443 g/mol. The molecule has 32 heavy (non-hydrogen) atoms. The number of halogens is 2. The maximum atomic E-state index is 14.5. The molecule has 0 radical (unpaired) electrons. The fourth-order valence-corrected chi connectivity index (χ4v) is 5.29. The van der Waals surface area contributed by atoms with Crippen molar-refractivity contribution in [2.24, 2.45) is 29.6 Å². The predicted octanol–water partition coefficient (Wildman–Crippen LogP) is 7.46. The lowest BCUT2D eigenvalue weighted by atomic mass is 9.75. The molecular weight excluding hydrogens is 406 g/mol. The Balaban J connectivity index is 1.58. The highest BCUT2D eigenvalue weighted by molar-refractivity contribution is 5.75. The maximum absolute atomic E-state index is 14.5. The van der Waals surface area contributed by atoms with E-state index in [0.717, 1.165) is 75.8 Å². The average Bonchev–Trinajstić information content (AvgIpc) is 2.80. The van der Waals surface area contributed by atoms with Crippen LogP contribution in [0.4, 0.5) is 8.78 Å². The Kier molecular flexibility index (Phi) is 8.91. The summed E-state index contributed by atoms with van der Waals surface area (Å²) in [6, 6.07) is 2.16. The van der Waals surface area contributed by atoms with Gasteiger partial charge in [0.2, 0.25) is 0 Å². The number of hydrogen-bond donors (Lipinski definition) is 0. The minimum Gasteiger partial charge on any atom is -0.426 e. The zero-order chi connectivity index (χ0) is 23.1. The number of ether oxygens (including phenoxy) is 1. The van der Waals surface area contributed by atoms with Crippen molar-refractivity contribution in [2.75, 3.05) is 0 Å². The molecule has 0 spiro atoms. The molecule has 0 saturated heterocycles. The molecule has 2 fully saturated rings. The number of benzene rings is 1. The van der Waals surface area contributed by atoms with E-state index in [2.05, 4.69) is 32.3 Å². The zero-order valence-electron chi connectivity index (χ0n) is 19.5. The lowest BCUT2D eigenvalue weighted by Crippen LogP contribution is -2.28. The van der Waals surface area contributed by atoms with Gasteiger partial charge in [-0.05, 0) is 75.5 Å². The van der Waals surface area contributed by atoms with Crippen molar-refractivity contribution in [1.82, 2.24) is 0 Å². The second kappa shape index (κ2) is 11.6. The Labute approximate surface area is 191 Å². The third-order valence-corrected chi connectivity index (χ3v) is 7.54. The fourth-order valence-electron chi connectivity index (χ4n) is 5.29. The molecule has 1 aromatic rings. The number of carbonyl (C=O) groups is 1. The van der Waals surface area contributed by atoms with Gasteiger partial charge in [0.25, 0.3) is 0 Å². The molecule has 3 rings (SSSR count). The third-order valence-electron chi connectivity index (χ3n) is 7.54. The van der Waals surface area contributed by atoms with E-state index in [1.807, 2.05) is 6.08 Å². The van der Waals surface area contributed by atoms with Crippen molar-refractivity contribution in [1.29, 1.82) is 0 Å². The van der Waals surface area contributed by atoms with Crippen molar-refractivity contribution in [3.63, 3.8) is 0 Å². The van der Waals surface area contributed by atoms with Crippen molar-refractivity contribution in [3.05, 3.63) is 42.0 Å². The Morgan fingerprint density at radius 3 is 2.25 bits per heavy atom. The first-order valence-corrected chi connectivity index (χ1v) is 12.3. The first-order valence-electron chi connectivity index (χ1n) is 12.3. The van der Waals surface area contributed by atoms with Gasteiger partial charge in [-0.15, -0.1) is 6.58 Å². The summed E-state index contributed by atoms with van der Waals surface area (Å²) in [5.74, 6) is 5.47. The summed E-state index contributed by atoms with van der Waals surface area (Å²) >= 11 is 0. The van der Waals surface area contributed by atoms with E-state index < -0.39 is 17.6 Å². The van der Waals surface area contributed by atoms with Crippen LogP contribution in [-0.4, -0.2) is 5.97 Å². The Morgan fingerprint density at radius 1 is 1.09 bits per heavy atom. The monoisotopic (exact) mass is 442 g/mol. The molecule has 2 aliphatic carbocycles. The second-order valence-corrected chi connectivity index (χ2v) is 9.50. The number of rotatable bonds is 6. The lowest BCUT2D eigenvalue weighted by molar-refractivity contribution is -0.140. The summed E-state index contributed by atoms with van der Waals surface area (Å²) in [6.45, 7) is 8.27. The Bertz CT molecular complexity index is 827. The van der Waals surface area contributed by atoms with Crippen LogP contribution in [0.2, 0.25) is 0 Å². The van der Waals surface area contributed by atoms with E-state index in [-0.39, 0.29) is 23.1 Å². The molecule has 0 aromatic heterocycles. The number of hydrogen-bond acceptors (Lipinski definition) is 2. The smallest absolute Gasteiger partial charge is 0.314 e. The van der Waals surface area contributed by atoms with E-state index in [9.17, 15) is 13.6 Å². The van der Waals surface area contributed by atoms with Gasteiger partial charge in [0.15, 0.2) is 0 Å². The molecule has 2 saturated carbocycles. The molecule has 0 bridgehead atoms. The van der Waals surface area contributed by atoms with Gasteiger partial charge in [-0.3, -0.25) is 4.79 Å². The predicted molar refractivity (Wildman–Crippen MR) is 124 cm³/mol. The van der Waals surface area contributed by atoms with Crippen LogP contribution in [0.25, 0.3) is 0 Å². The summed E-state index contributed by atoms with van der Waals surface area (Å²) in [5, 5.41) is 0. The molecule has 0 N–H and O–H groups in total. The highest BCUT2D eigenvalue weighted by atomic mass is 19.1. The number of esters is 1. The van der Waals surface area contributed by atoms with Gasteiger partial charge in [-0.25, -0.2) is 8.78 Å². The Hall–Kier alpha value is -2.15. The van der Waals surface area contributed by atoms with Gasteiger partial charge >= 0.3 is 5.97 Å². The van der Waals surface area contributed by atoms with Gasteiger partial charge in [-0.2, -0.15) is 0 Å². The van der Waals surface area contributed by atoms with Crippen LogP contribution < -0.4 is 4.74 Å². The number of carbonyl (C=O) groups excluding carboxylic acids is 1. The molecule has 1 aromatic carbocycles. The first-order chi connectivity index (χ1) is 15.4. The SMILES string of the molecule is C=CC(CC)C1CCC(C(=O)Oc2cc(F)c(C#CC3CCC(CC)CC3)c(F)c2)CC1. The minimum atomic E-state index is -0.775. The molecule has 0 aliphatic heterocycles. The van der Waals surface area contributed by atoms with Crippen LogP contribution in [-0.2, 0) is 4.79 Å². The molecule has 0 heterocycles. The summed E-state index contributed by atoms with van der Waals surface area (Å²) in [5.41, 5.74) is -0.238. The van der Waals surface area contributed by atoms with Gasteiger partial charge < -0.3 is 4.74 Å². The van der Waals surface area contributed by atoms with E-state index in [4.69, 9.17) is 4.74 Å². The molecule has 174 valence electrons. The minimum absolute atomic E-state index is 0.0846. The van der Waals surface area contributed by atoms with Gasteiger partial charge in [0.1, 0.15) is 17.4 Å². The summed E-state index contributed by atoms with van der Waals surface area (Å²) in [6.07, 6.45) is 11.8. The van der Waals surface area contributed by atoms with Crippen LogP contribution in [0, 0.1) is 53.1 Å². The number of allylic oxidation sites excluding steroid dienone is 1. The summed E-state index contributed by atoms with van der Waals surface area (Å²) < 4.78 is 34.4.